The third-order valence-corrected chi connectivity index (χ3v) is 8.97. The van der Waals surface area contributed by atoms with Gasteiger partial charge < -0.3 is 74.4 Å². The maximum Gasteiger partial charge on any atom is 0.330 e. The quantitative estimate of drug-likeness (QED) is 0.0791. The number of phenols is 4. The van der Waals surface area contributed by atoms with Gasteiger partial charge in [0.05, 0.1) is 12.2 Å². The minimum atomic E-state index is -2.02. The van der Waals surface area contributed by atoms with Crippen molar-refractivity contribution in [1.29, 1.82) is 0 Å². The van der Waals surface area contributed by atoms with Gasteiger partial charge in [0.1, 0.15) is 101 Å². The van der Waals surface area contributed by atoms with E-state index in [9.17, 15) is 60.7 Å². The van der Waals surface area contributed by atoms with Crippen LogP contribution in [-0.4, -0.2) is 125 Å². The Balaban J connectivity index is 1.27. The lowest BCUT2D eigenvalue weighted by Crippen LogP contribution is -2.63. The third-order valence-electron chi connectivity index (χ3n) is 8.97. The fourth-order valence-electron chi connectivity index (χ4n) is 6.11. The predicted molar refractivity (Wildman–Crippen MR) is 179 cm³/mol. The second kappa shape index (κ2) is 15.5. The number of aliphatic hydroxyl groups is 6. The van der Waals surface area contributed by atoms with Gasteiger partial charge in [0, 0.05) is 23.8 Å². The Kier molecular flexibility index (Phi) is 11.0. The van der Waals surface area contributed by atoms with Crippen LogP contribution < -0.4 is 5.43 Å². The molecule has 53 heavy (non-hydrogen) atoms. The molecule has 3 heterocycles. The number of benzene rings is 3. The topological polar surface area (TPSA) is 286 Å². The van der Waals surface area contributed by atoms with Gasteiger partial charge in [-0.3, -0.25) is 4.79 Å². The third kappa shape index (κ3) is 7.70. The van der Waals surface area contributed by atoms with Gasteiger partial charge >= 0.3 is 5.97 Å². The van der Waals surface area contributed by atoms with Crippen LogP contribution in [0.5, 0.6) is 23.0 Å². The Hall–Kier alpha value is -5.08. The van der Waals surface area contributed by atoms with Crippen molar-refractivity contribution in [2.75, 3.05) is 13.2 Å². The molecule has 1 aromatic heterocycles. The fourth-order valence-corrected chi connectivity index (χ4v) is 6.11. The molecule has 282 valence electrons. The Bertz CT molecular complexity index is 2010. The van der Waals surface area contributed by atoms with Crippen molar-refractivity contribution in [2.24, 2.45) is 0 Å². The molecule has 0 bridgehead atoms. The van der Waals surface area contributed by atoms with Gasteiger partial charge in [-0.05, 0) is 48.0 Å². The van der Waals surface area contributed by atoms with E-state index in [4.69, 9.17) is 23.4 Å². The summed E-state index contributed by atoms with van der Waals surface area (Å²) in [5.74, 6) is -2.50. The van der Waals surface area contributed by atoms with Crippen molar-refractivity contribution in [3.8, 4) is 34.3 Å². The number of phenolic OH excluding ortho intramolecular Hbond substituents is 4. The van der Waals surface area contributed by atoms with E-state index in [1.165, 1.54) is 54.6 Å². The Labute approximate surface area is 299 Å². The zero-order valence-corrected chi connectivity index (χ0v) is 27.4. The first kappa shape index (κ1) is 37.7. The number of carbonyl (C=O) groups excluding carboxylic acids is 1. The minimum Gasteiger partial charge on any atom is -0.508 e. The van der Waals surface area contributed by atoms with Crippen molar-refractivity contribution in [1.82, 2.24) is 0 Å². The van der Waals surface area contributed by atoms with Crippen LogP contribution in [-0.2, 0) is 23.7 Å². The van der Waals surface area contributed by atoms with Crippen LogP contribution in [0.25, 0.3) is 28.4 Å². The second-order valence-electron chi connectivity index (χ2n) is 12.5. The number of aromatic hydroxyl groups is 4. The van der Waals surface area contributed by atoms with E-state index in [-0.39, 0.29) is 22.8 Å². The molecule has 0 aliphatic carbocycles. The van der Waals surface area contributed by atoms with Crippen LogP contribution in [0.3, 0.4) is 0 Å². The molecule has 2 aliphatic heterocycles. The molecule has 17 nitrogen and oxygen atoms in total. The van der Waals surface area contributed by atoms with Gasteiger partial charge in [-0.1, -0.05) is 12.1 Å². The van der Waals surface area contributed by atoms with Crippen LogP contribution in [0, 0.1) is 0 Å². The molecule has 4 unspecified atom stereocenters. The number of fused-ring (bicyclic) bond motifs is 1. The molecule has 6 rings (SSSR count). The number of hydrogen-bond acceptors (Lipinski definition) is 17. The normalized spacial score (nSPS) is 29.0. The molecule has 0 radical (unpaired) electrons. The maximum absolute atomic E-state index is 13.3. The van der Waals surface area contributed by atoms with Gasteiger partial charge in [0.2, 0.25) is 0 Å². The summed E-state index contributed by atoms with van der Waals surface area (Å²) in [5, 5.41) is 105. The average Bonchev–Trinajstić information content (AvgIpc) is 3.13. The number of aliphatic hydroxyl groups excluding tert-OH is 6. The first-order valence-corrected chi connectivity index (χ1v) is 16.2. The van der Waals surface area contributed by atoms with E-state index in [2.05, 4.69) is 0 Å². The molecule has 0 saturated carbocycles. The van der Waals surface area contributed by atoms with Crippen LogP contribution in [0.4, 0.5) is 0 Å². The van der Waals surface area contributed by atoms with Crippen LogP contribution in [0.2, 0.25) is 0 Å². The molecule has 0 spiro atoms. The highest BCUT2D eigenvalue weighted by atomic mass is 16.7. The second-order valence-corrected chi connectivity index (χ2v) is 12.5. The van der Waals surface area contributed by atoms with Crippen LogP contribution in [0.15, 0.2) is 76.0 Å². The Morgan fingerprint density at radius 3 is 2.08 bits per heavy atom. The summed E-state index contributed by atoms with van der Waals surface area (Å²) in [6.45, 7) is -1.53. The summed E-state index contributed by atoms with van der Waals surface area (Å²) in [4.78, 5) is 25.7. The maximum atomic E-state index is 13.3. The molecular weight excluding hydrogens is 704 g/mol. The monoisotopic (exact) mass is 740 g/mol. The molecule has 2 fully saturated rings. The molecule has 10 N–H and O–H groups in total. The van der Waals surface area contributed by atoms with Crippen LogP contribution in [0.1, 0.15) is 17.2 Å². The van der Waals surface area contributed by atoms with Crippen molar-refractivity contribution >= 4 is 23.0 Å². The van der Waals surface area contributed by atoms with E-state index in [1.54, 1.807) is 0 Å². The Morgan fingerprint density at radius 1 is 0.774 bits per heavy atom. The molecule has 2 aliphatic rings. The van der Waals surface area contributed by atoms with E-state index >= 15 is 0 Å². The summed E-state index contributed by atoms with van der Waals surface area (Å²) in [7, 11) is 0. The van der Waals surface area contributed by atoms with E-state index in [0.29, 0.717) is 11.1 Å². The number of rotatable bonds is 9. The first-order chi connectivity index (χ1) is 25.3. The van der Waals surface area contributed by atoms with Crippen molar-refractivity contribution < 1.29 is 79.2 Å². The fraction of sp³-hybridized carbons (Fsp3) is 0.333. The molecule has 2 saturated heterocycles. The lowest BCUT2D eigenvalue weighted by Gasteiger charge is -2.46. The van der Waals surface area contributed by atoms with Gasteiger partial charge in [-0.2, -0.15) is 0 Å². The summed E-state index contributed by atoms with van der Waals surface area (Å²) in [5.41, 5.74) is -0.663. The number of esters is 1. The smallest absolute Gasteiger partial charge is 0.330 e. The van der Waals surface area contributed by atoms with E-state index < -0.39 is 108 Å². The lowest BCUT2D eigenvalue weighted by atomic mass is 9.89. The summed E-state index contributed by atoms with van der Waals surface area (Å²) in [6.07, 6.45) is -15.8. The molecule has 0 amide bonds. The number of ether oxygens (including phenoxy) is 4. The average molecular weight is 741 g/mol. The molecule has 3 aromatic carbocycles. The van der Waals surface area contributed by atoms with Crippen molar-refractivity contribution in [3.05, 3.63) is 88.1 Å². The summed E-state index contributed by atoms with van der Waals surface area (Å²) >= 11 is 0. The summed E-state index contributed by atoms with van der Waals surface area (Å²) < 4.78 is 28.1. The highest BCUT2D eigenvalue weighted by Crippen LogP contribution is 2.46. The van der Waals surface area contributed by atoms with Crippen molar-refractivity contribution in [2.45, 2.75) is 61.2 Å². The van der Waals surface area contributed by atoms with E-state index in [0.717, 1.165) is 18.2 Å². The number of carbonyl (C=O) groups is 1. The van der Waals surface area contributed by atoms with Crippen LogP contribution >= 0.6 is 0 Å². The molecule has 10 atom stereocenters. The highest BCUT2D eigenvalue weighted by molar-refractivity contribution is 5.88. The largest absolute Gasteiger partial charge is 0.508 e. The lowest BCUT2D eigenvalue weighted by molar-refractivity contribution is -0.342. The van der Waals surface area contributed by atoms with Gasteiger partial charge in [-0.25, -0.2) is 4.79 Å². The minimum absolute atomic E-state index is 0.0201. The standard InChI is InChI=1S/C36H36O17/c37-13-23-28(43)32(47)35(53-36-33(48)31(46)29(44)24(52-36)14-49-25(42)10-3-15-1-6-17(38)7-2-15)34(51-23)27-20(41)12-22-26(30(27)45)19(40)11-21(50-22)16-4-8-18(39)9-5-16/h1-12,23-24,28-29,31-39,41,43-48H,13-14H2/b10-3+/t23?,24?,28-,29-,31+,32+,33?,34+,35?,36+/m1/s1. The highest BCUT2D eigenvalue weighted by Gasteiger charge is 2.52. The van der Waals surface area contributed by atoms with Gasteiger partial charge in [0.25, 0.3) is 0 Å². The predicted octanol–water partition coefficient (Wildman–Crippen LogP) is -0.114. The molecule has 17 heteroatoms. The first-order valence-electron chi connectivity index (χ1n) is 16.2. The molecular formula is C36H36O17. The van der Waals surface area contributed by atoms with E-state index in [1.807, 2.05) is 0 Å². The van der Waals surface area contributed by atoms with Gasteiger partial charge in [0.15, 0.2) is 11.7 Å². The molecule has 4 aromatic rings. The zero-order valence-electron chi connectivity index (χ0n) is 27.4. The van der Waals surface area contributed by atoms with Gasteiger partial charge in [-0.15, -0.1) is 0 Å². The SMILES string of the molecule is O=C(/C=C/c1ccc(O)cc1)OCC1O[C@@H](OC2[C@@H](O)[C@H](O)C(CO)O[C@H]2c2c(O)cc3oc(-c4ccc(O)cc4)cc(=O)c3c2O)C(O)[C@@H](O)[C@@H]1O. The number of hydrogen-bond donors (Lipinski definition) is 10. The zero-order chi connectivity index (χ0) is 38.1. The summed E-state index contributed by atoms with van der Waals surface area (Å²) in [6, 6.07) is 13.6. The van der Waals surface area contributed by atoms with Crippen molar-refractivity contribution in [3.63, 3.8) is 0 Å². The Morgan fingerprint density at radius 2 is 1.42 bits per heavy atom.